The van der Waals surface area contributed by atoms with Gasteiger partial charge in [-0.05, 0) is 58.6 Å². The van der Waals surface area contributed by atoms with E-state index in [2.05, 4.69) is 19.9 Å². The van der Waals surface area contributed by atoms with E-state index in [1.807, 2.05) is 35.0 Å². The van der Waals surface area contributed by atoms with Gasteiger partial charge in [-0.25, -0.2) is 19.9 Å². The van der Waals surface area contributed by atoms with E-state index in [1.165, 1.54) is 4.90 Å². The van der Waals surface area contributed by atoms with Gasteiger partial charge in [0.25, 0.3) is 11.1 Å². The first-order valence-corrected chi connectivity index (χ1v) is 12.2. The molecule has 17 heteroatoms. The summed E-state index contributed by atoms with van der Waals surface area (Å²) >= 11 is 15.6. The standard InChI is InChI=1S/C18H12ClF3N4O.C6HCl2F3N2O/c19-17-23-8-13(15(24-17)18(20,21)22)16(27)26-10-12-5-3-7-25(12)9-11-4-1-2-6-14(11)26;7-4(14)2-1-12-5(8)13-3(2)6(9,10)11/h1-8H,9-10H2;1H. The maximum Gasteiger partial charge on any atom is 0.434 e. The minimum absolute atomic E-state index is 0.128. The zero-order valence-corrected chi connectivity index (χ0v) is 22.3. The molecule has 1 aliphatic rings. The largest absolute Gasteiger partial charge is 0.434 e. The third-order valence-corrected chi connectivity index (χ3v) is 6.18. The van der Waals surface area contributed by atoms with E-state index >= 15 is 0 Å². The van der Waals surface area contributed by atoms with E-state index in [0.717, 1.165) is 17.5 Å². The van der Waals surface area contributed by atoms with E-state index in [4.69, 9.17) is 34.8 Å². The lowest BCUT2D eigenvalue weighted by Gasteiger charge is -2.23. The lowest BCUT2D eigenvalue weighted by molar-refractivity contribution is -0.142. The van der Waals surface area contributed by atoms with Gasteiger partial charge in [0.1, 0.15) is 0 Å². The van der Waals surface area contributed by atoms with E-state index < -0.39 is 56.6 Å². The van der Waals surface area contributed by atoms with Crippen molar-refractivity contribution in [3.63, 3.8) is 0 Å². The molecule has 0 saturated carbocycles. The fourth-order valence-electron chi connectivity index (χ4n) is 3.87. The van der Waals surface area contributed by atoms with Crippen molar-refractivity contribution in [1.29, 1.82) is 0 Å². The van der Waals surface area contributed by atoms with Gasteiger partial charge in [0, 0.05) is 36.5 Å². The number of fused-ring (bicyclic) bond motifs is 2. The normalized spacial score (nSPS) is 13.0. The van der Waals surface area contributed by atoms with Gasteiger partial charge in [-0.3, -0.25) is 9.59 Å². The van der Waals surface area contributed by atoms with Gasteiger partial charge in [0.05, 0.1) is 17.7 Å². The molecule has 214 valence electrons. The van der Waals surface area contributed by atoms with Crippen LogP contribution in [0.5, 0.6) is 0 Å². The highest BCUT2D eigenvalue weighted by Gasteiger charge is 2.40. The summed E-state index contributed by atoms with van der Waals surface area (Å²) in [6, 6.07) is 10.8. The Morgan fingerprint density at radius 2 is 1.34 bits per heavy atom. The number of aromatic nitrogens is 5. The maximum atomic E-state index is 13.4. The third kappa shape index (κ3) is 6.77. The summed E-state index contributed by atoms with van der Waals surface area (Å²) in [5, 5.41) is -2.45. The van der Waals surface area contributed by atoms with Crippen molar-refractivity contribution in [2.24, 2.45) is 0 Å². The molecule has 0 aliphatic carbocycles. The van der Waals surface area contributed by atoms with Crippen LogP contribution in [0.4, 0.5) is 32.0 Å². The van der Waals surface area contributed by atoms with Crippen LogP contribution in [0.25, 0.3) is 0 Å². The van der Waals surface area contributed by atoms with Crippen molar-refractivity contribution >= 4 is 51.6 Å². The topological polar surface area (TPSA) is 93.9 Å². The molecule has 5 rings (SSSR count). The van der Waals surface area contributed by atoms with Crippen LogP contribution in [0, 0.1) is 0 Å². The maximum absolute atomic E-state index is 13.4. The second kappa shape index (κ2) is 11.6. The lowest BCUT2D eigenvalue weighted by atomic mass is 10.1. The smallest absolute Gasteiger partial charge is 0.345 e. The summed E-state index contributed by atoms with van der Waals surface area (Å²) in [5.41, 5.74) is -2.05. The van der Waals surface area contributed by atoms with Crippen LogP contribution in [0.3, 0.4) is 0 Å². The Labute approximate surface area is 241 Å². The Balaban J connectivity index is 0.000000234. The first kappa shape index (κ1) is 30.2. The molecule has 1 amide bonds. The minimum atomic E-state index is -4.83. The number of hydrogen-bond acceptors (Lipinski definition) is 6. The average molecular weight is 638 g/mol. The number of nitrogens with zero attached hydrogens (tertiary/aromatic N) is 6. The number of alkyl halides is 6. The van der Waals surface area contributed by atoms with Gasteiger partial charge >= 0.3 is 12.4 Å². The van der Waals surface area contributed by atoms with E-state index in [9.17, 15) is 35.9 Å². The van der Waals surface area contributed by atoms with Crippen LogP contribution in [-0.2, 0) is 25.4 Å². The number of carbonyl (C=O) groups is 2. The van der Waals surface area contributed by atoms with Crippen LogP contribution < -0.4 is 4.90 Å². The zero-order chi connectivity index (χ0) is 30.1. The molecule has 1 aromatic carbocycles. The fourth-order valence-corrected chi connectivity index (χ4v) is 4.27. The SMILES string of the molecule is O=C(Cl)c1cnc(Cl)nc1C(F)(F)F.O=C(c1cnc(Cl)nc1C(F)(F)F)N1Cc2cccn2Cc2ccccc21. The molecule has 0 N–H and O–H groups in total. The Bertz CT molecular complexity index is 1630. The highest BCUT2D eigenvalue weighted by atomic mass is 35.5. The van der Waals surface area contributed by atoms with E-state index in [0.29, 0.717) is 18.4 Å². The quantitative estimate of drug-likeness (QED) is 0.138. The number of benzene rings is 1. The first-order valence-electron chi connectivity index (χ1n) is 11.1. The number of amides is 1. The number of halogens is 9. The first-order chi connectivity index (χ1) is 19.2. The second-order valence-electron chi connectivity index (χ2n) is 8.22. The number of hydrogen-bond donors (Lipinski definition) is 0. The molecule has 3 aromatic heterocycles. The van der Waals surface area contributed by atoms with Gasteiger partial charge in [0.15, 0.2) is 11.4 Å². The van der Waals surface area contributed by atoms with Crippen molar-refractivity contribution < 1.29 is 35.9 Å². The summed E-state index contributed by atoms with van der Waals surface area (Å²) < 4.78 is 78.8. The second-order valence-corrected chi connectivity index (χ2v) is 9.24. The molecule has 0 unspecified atom stereocenters. The molecule has 1 aliphatic heterocycles. The average Bonchev–Trinajstić information content (AvgIpc) is 3.26. The van der Waals surface area contributed by atoms with Crippen molar-refractivity contribution in [2.75, 3.05) is 4.90 Å². The Morgan fingerprint density at radius 3 is 1.93 bits per heavy atom. The van der Waals surface area contributed by atoms with E-state index in [1.54, 1.807) is 12.1 Å². The molecule has 0 radical (unpaired) electrons. The van der Waals surface area contributed by atoms with Gasteiger partial charge in [-0.1, -0.05) is 18.2 Å². The van der Waals surface area contributed by atoms with Crippen molar-refractivity contribution in [3.8, 4) is 0 Å². The Kier molecular flexibility index (Phi) is 8.57. The van der Waals surface area contributed by atoms with Gasteiger partial charge < -0.3 is 9.47 Å². The Hall–Kier alpha value is -3.75. The predicted octanol–water partition coefficient (Wildman–Crippen LogP) is 6.69. The molecule has 0 bridgehead atoms. The third-order valence-electron chi connectivity index (χ3n) is 5.61. The lowest BCUT2D eigenvalue weighted by Crippen LogP contribution is -2.33. The number of para-hydroxylation sites is 1. The molecular weight excluding hydrogens is 625 g/mol. The molecule has 8 nitrogen and oxygen atoms in total. The number of anilines is 1. The molecule has 0 spiro atoms. The summed E-state index contributed by atoms with van der Waals surface area (Å²) in [4.78, 5) is 37.9. The van der Waals surface area contributed by atoms with Crippen LogP contribution in [0.2, 0.25) is 10.6 Å². The van der Waals surface area contributed by atoms with Crippen LogP contribution >= 0.6 is 34.8 Å². The predicted molar refractivity (Wildman–Crippen MR) is 135 cm³/mol. The minimum Gasteiger partial charge on any atom is -0.345 e. The molecule has 4 aromatic rings. The van der Waals surface area contributed by atoms with Crippen LogP contribution in [0.15, 0.2) is 55.0 Å². The fraction of sp³-hybridized carbons (Fsp3) is 0.167. The number of carbonyl (C=O) groups excluding carboxylic acids is 2. The Morgan fingerprint density at radius 1 is 0.780 bits per heavy atom. The molecule has 4 heterocycles. The summed E-state index contributed by atoms with van der Waals surface area (Å²) in [7, 11) is 0. The highest BCUT2D eigenvalue weighted by molar-refractivity contribution is 6.67. The number of rotatable bonds is 2. The summed E-state index contributed by atoms with van der Waals surface area (Å²) in [6.45, 7) is 0.647. The summed E-state index contributed by atoms with van der Waals surface area (Å²) in [6.07, 6.45) is -6.29. The van der Waals surface area contributed by atoms with E-state index in [-0.39, 0.29) is 6.54 Å². The van der Waals surface area contributed by atoms with Crippen molar-refractivity contribution in [3.05, 3.63) is 99.3 Å². The molecule has 0 saturated heterocycles. The molecule has 0 fully saturated rings. The van der Waals surface area contributed by atoms with Crippen molar-refractivity contribution in [1.82, 2.24) is 24.5 Å². The van der Waals surface area contributed by atoms with Crippen LogP contribution in [0.1, 0.15) is 43.4 Å². The van der Waals surface area contributed by atoms with Gasteiger partial charge in [-0.2, -0.15) is 26.3 Å². The monoisotopic (exact) mass is 636 g/mol. The molecular formula is C24H13Cl3F6N6O2. The molecule has 41 heavy (non-hydrogen) atoms. The van der Waals surface area contributed by atoms with Gasteiger partial charge in [-0.15, -0.1) is 0 Å². The highest BCUT2D eigenvalue weighted by Crippen LogP contribution is 2.34. The van der Waals surface area contributed by atoms with Crippen LogP contribution in [-0.4, -0.2) is 35.7 Å². The van der Waals surface area contributed by atoms with Crippen molar-refractivity contribution in [2.45, 2.75) is 25.4 Å². The zero-order valence-electron chi connectivity index (χ0n) is 20.0. The summed E-state index contributed by atoms with van der Waals surface area (Å²) in [5.74, 6) is -0.832. The molecule has 0 atom stereocenters. The van der Waals surface area contributed by atoms with Gasteiger partial charge in [0.2, 0.25) is 10.6 Å².